The number of anilines is 2. The number of hydrogen-bond donors (Lipinski definition) is 0. The molecule has 9 heteroatoms. The van der Waals surface area contributed by atoms with Gasteiger partial charge in [0.05, 0.1) is 29.8 Å². The molecule has 6 rings (SSSR count). The molecule has 0 amide bonds. The molecular weight excluding hydrogens is 408 g/mol. The summed E-state index contributed by atoms with van der Waals surface area (Å²) in [5.41, 5.74) is 2.44. The maximum atomic E-state index is 4.70. The first-order valence-electron chi connectivity index (χ1n) is 11.0. The smallest absolute Gasteiger partial charge is 0.162 e. The Balaban J connectivity index is 1.08. The molecule has 2 aliphatic heterocycles. The zero-order valence-electron chi connectivity index (χ0n) is 17.5. The van der Waals surface area contributed by atoms with E-state index in [0.717, 1.165) is 62.2 Å². The highest BCUT2D eigenvalue weighted by Gasteiger charge is 2.50. The molecular formula is C22H26N8S. The van der Waals surface area contributed by atoms with Gasteiger partial charge >= 0.3 is 0 Å². The number of rotatable bonds is 4. The molecule has 1 spiro atoms. The van der Waals surface area contributed by atoms with E-state index >= 15 is 0 Å². The number of pyridine rings is 1. The van der Waals surface area contributed by atoms with Crippen molar-refractivity contribution in [2.45, 2.75) is 25.3 Å². The summed E-state index contributed by atoms with van der Waals surface area (Å²) in [5, 5.41) is 0. The van der Waals surface area contributed by atoms with Gasteiger partial charge in [0.2, 0.25) is 0 Å². The lowest BCUT2D eigenvalue weighted by Crippen LogP contribution is -2.56. The lowest BCUT2D eigenvalue weighted by Gasteiger charge is -2.49. The van der Waals surface area contributed by atoms with Crippen molar-refractivity contribution in [1.82, 2.24) is 28.6 Å². The molecule has 5 heterocycles. The Labute approximate surface area is 186 Å². The first-order valence-corrected chi connectivity index (χ1v) is 11.8. The molecule has 0 aromatic carbocycles. The second-order valence-electron chi connectivity index (χ2n) is 9.01. The van der Waals surface area contributed by atoms with Gasteiger partial charge in [0.1, 0.15) is 5.82 Å². The van der Waals surface area contributed by atoms with Gasteiger partial charge in [-0.1, -0.05) is 0 Å². The van der Waals surface area contributed by atoms with Crippen LogP contribution in [0.5, 0.6) is 0 Å². The molecule has 0 bridgehead atoms. The topological polar surface area (TPSA) is 74.2 Å². The Kier molecular flexibility index (Phi) is 4.80. The highest BCUT2D eigenvalue weighted by Crippen LogP contribution is 2.48. The fourth-order valence-corrected chi connectivity index (χ4v) is 6.02. The molecule has 0 radical (unpaired) electrons. The zero-order chi connectivity index (χ0) is 20.7. The second kappa shape index (κ2) is 7.80. The summed E-state index contributed by atoms with van der Waals surface area (Å²) in [6, 6.07) is 4.78. The van der Waals surface area contributed by atoms with E-state index in [-0.39, 0.29) is 0 Å². The summed E-state index contributed by atoms with van der Waals surface area (Å²) in [7, 11) is 0. The maximum Gasteiger partial charge on any atom is 0.162 e. The predicted octanol–water partition coefficient (Wildman–Crippen LogP) is 2.57. The zero-order valence-corrected chi connectivity index (χ0v) is 18.3. The third-order valence-corrected chi connectivity index (χ3v) is 7.63. The molecule has 1 saturated carbocycles. The van der Waals surface area contributed by atoms with Gasteiger partial charge < -0.3 is 9.80 Å². The molecule has 1 unspecified atom stereocenters. The summed E-state index contributed by atoms with van der Waals surface area (Å²) in [4.78, 5) is 20.9. The van der Waals surface area contributed by atoms with Crippen molar-refractivity contribution in [1.29, 1.82) is 0 Å². The van der Waals surface area contributed by atoms with Crippen molar-refractivity contribution in [3.8, 4) is 11.3 Å². The average Bonchev–Trinajstić information content (AvgIpc) is 3.49. The molecule has 2 saturated heterocycles. The van der Waals surface area contributed by atoms with Crippen LogP contribution in [0.15, 0.2) is 43.1 Å². The second-order valence-corrected chi connectivity index (χ2v) is 9.56. The Hall–Kier alpha value is -2.65. The van der Waals surface area contributed by atoms with Crippen molar-refractivity contribution in [2.75, 3.05) is 49.1 Å². The van der Waals surface area contributed by atoms with E-state index in [2.05, 4.69) is 39.5 Å². The van der Waals surface area contributed by atoms with Crippen molar-refractivity contribution in [2.24, 2.45) is 5.41 Å². The fraction of sp³-hybridized carbons (Fsp3) is 0.500. The Bertz CT molecular complexity index is 1010. The SMILES string of the molecule is c1cnc(N2CCN(C3CCC4(C3)CN(c3cnsn3)C4)CC2)c(-c2cnccn2)c1. The van der Waals surface area contributed by atoms with Crippen LogP contribution >= 0.6 is 11.7 Å². The number of nitrogens with zero attached hydrogens (tertiary/aromatic N) is 8. The van der Waals surface area contributed by atoms with Crippen LogP contribution in [-0.4, -0.2) is 73.9 Å². The van der Waals surface area contributed by atoms with Crippen LogP contribution in [0, 0.1) is 5.41 Å². The quantitative estimate of drug-likeness (QED) is 0.620. The standard InChI is InChI=1S/C22H26N8S/c1-2-18(19-13-23-6-7-24-19)21(25-5-1)29-10-8-28(9-11-29)17-3-4-22(12-17)15-30(16-22)20-14-26-31-27-20/h1-2,5-7,13-14,17H,3-4,8-12,15-16H2. The monoisotopic (exact) mass is 434 g/mol. The molecule has 3 fully saturated rings. The first-order chi connectivity index (χ1) is 15.3. The minimum Gasteiger partial charge on any atom is -0.353 e. The van der Waals surface area contributed by atoms with Gasteiger partial charge in [-0.05, 0) is 31.4 Å². The molecule has 160 valence electrons. The summed E-state index contributed by atoms with van der Waals surface area (Å²) in [6.45, 7) is 6.48. The van der Waals surface area contributed by atoms with E-state index in [1.54, 1.807) is 12.4 Å². The van der Waals surface area contributed by atoms with Crippen LogP contribution in [0.2, 0.25) is 0 Å². The van der Waals surface area contributed by atoms with Gasteiger partial charge in [-0.3, -0.25) is 14.9 Å². The van der Waals surface area contributed by atoms with Gasteiger partial charge in [-0.25, -0.2) is 4.98 Å². The minimum absolute atomic E-state index is 0.492. The molecule has 31 heavy (non-hydrogen) atoms. The van der Waals surface area contributed by atoms with Gasteiger partial charge in [-0.2, -0.15) is 8.75 Å². The van der Waals surface area contributed by atoms with E-state index in [4.69, 9.17) is 4.98 Å². The largest absolute Gasteiger partial charge is 0.353 e. The van der Waals surface area contributed by atoms with Crippen molar-refractivity contribution in [3.63, 3.8) is 0 Å². The third kappa shape index (κ3) is 3.55. The third-order valence-electron chi connectivity index (χ3n) is 7.16. The summed E-state index contributed by atoms with van der Waals surface area (Å²) in [6.07, 6.45) is 13.0. The molecule has 3 aromatic heterocycles. The van der Waals surface area contributed by atoms with E-state index in [9.17, 15) is 0 Å². The van der Waals surface area contributed by atoms with E-state index in [0.29, 0.717) is 11.5 Å². The molecule has 3 aromatic rings. The van der Waals surface area contributed by atoms with Gasteiger partial charge in [0.25, 0.3) is 0 Å². The summed E-state index contributed by atoms with van der Waals surface area (Å²) in [5.74, 6) is 2.08. The highest BCUT2D eigenvalue weighted by molar-refractivity contribution is 6.99. The number of piperazine rings is 1. The van der Waals surface area contributed by atoms with Crippen LogP contribution in [0.1, 0.15) is 19.3 Å². The van der Waals surface area contributed by atoms with Gasteiger partial charge in [0, 0.05) is 74.9 Å². The fourth-order valence-electron chi connectivity index (χ4n) is 5.59. The molecule has 8 nitrogen and oxygen atoms in total. The van der Waals surface area contributed by atoms with Crippen LogP contribution in [0.3, 0.4) is 0 Å². The molecule has 0 N–H and O–H groups in total. The van der Waals surface area contributed by atoms with Crippen molar-refractivity contribution in [3.05, 3.63) is 43.1 Å². The average molecular weight is 435 g/mol. The maximum absolute atomic E-state index is 4.70. The lowest BCUT2D eigenvalue weighted by atomic mass is 9.78. The van der Waals surface area contributed by atoms with Gasteiger partial charge in [0.15, 0.2) is 5.82 Å². The molecule has 3 aliphatic rings. The Morgan fingerprint density at radius 1 is 0.968 bits per heavy atom. The number of aromatic nitrogens is 5. The van der Waals surface area contributed by atoms with Crippen LogP contribution in [-0.2, 0) is 0 Å². The van der Waals surface area contributed by atoms with E-state index in [1.807, 2.05) is 24.7 Å². The Morgan fingerprint density at radius 2 is 1.87 bits per heavy atom. The van der Waals surface area contributed by atoms with Crippen LogP contribution in [0.4, 0.5) is 11.6 Å². The highest BCUT2D eigenvalue weighted by atomic mass is 32.1. The van der Waals surface area contributed by atoms with E-state index < -0.39 is 0 Å². The number of hydrogen-bond acceptors (Lipinski definition) is 9. The molecule has 1 aliphatic carbocycles. The minimum atomic E-state index is 0.492. The molecule has 1 atom stereocenters. The lowest BCUT2D eigenvalue weighted by molar-refractivity contribution is 0.153. The predicted molar refractivity (Wildman–Crippen MR) is 121 cm³/mol. The summed E-state index contributed by atoms with van der Waals surface area (Å²) < 4.78 is 8.54. The normalized spacial score (nSPS) is 23.3. The van der Waals surface area contributed by atoms with Gasteiger partial charge in [-0.15, -0.1) is 0 Å². The van der Waals surface area contributed by atoms with Crippen LogP contribution < -0.4 is 9.80 Å². The first kappa shape index (κ1) is 19.1. The van der Waals surface area contributed by atoms with Crippen molar-refractivity contribution >= 4 is 23.4 Å². The Morgan fingerprint density at radius 3 is 2.65 bits per heavy atom. The van der Waals surface area contributed by atoms with Crippen molar-refractivity contribution < 1.29 is 0 Å². The van der Waals surface area contributed by atoms with Crippen LogP contribution in [0.25, 0.3) is 11.3 Å². The summed E-state index contributed by atoms with van der Waals surface area (Å²) >= 11 is 1.30. The van der Waals surface area contributed by atoms with E-state index in [1.165, 1.54) is 31.0 Å².